The maximum atomic E-state index is 12.4. The number of carbonyl (C=O) groups excluding carboxylic acids is 1. The highest BCUT2D eigenvalue weighted by Crippen LogP contribution is 2.32. The Morgan fingerprint density at radius 2 is 2.10 bits per heavy atom. The van der Waals surface area contributed by atoms with Gasteiger partial charge in [0.15, 0.2) is 13.0 Å². The molecule has 0 saturated heterocycles. The molecule has 0 aliphatic heterocycles. The summed E-state index contributed by atoms with van der Waals surface area (Å²) in [6, 6.07) is 2.40. The van der Waals surface area contributed by atoms with Crippen LogP contribution in [0.15, 0.2) is 12.1 Å². The van der Waals surface area contributed by atoms with Crippen molar-refractivity contribution in [1.29, 1.82) is 0 Å². The summed E-state index contributed by atoms with van der Waals surface area (Å²) in [5, 5.41) is 0. The van der Waals surface area contributed by atoms with Gasteiger partial charge in [0, 0.05) is 4.91 Å². The zero-order chi connectivity index (χ0) is 14.9. The van der Waals surface area contributed by atoms with Gasteiger partial charge in [0.1, 0.15) is 5.52 Å². The molecule has 1 radical (unpaired) electrons. The number of thiazole rings is 1. The normalized spacial score (nSPS) is 11.4. The predicted molar refractivity (Wildman–Crippen MR) is 68.9 cm³/mol. The minimum absolute atomic E-state index is 0.0226. The van der Waals surface area contributed by atoms with Crippen molar-refractivity contribution in [1.82, 2.24) is 4.98 Å². The van der Waals surface area contributed by atoms with Crippen LogP contribution in [0.3, 0.4) is 0 Å². The molecule has 0 N–H and O–H groups in total. The molecular formula is C11H8BF3NO3S. The summed E-state index contributed by atoms with van der Waals surface area (Å²) in [5.74, 6) is -1.26. The van der Waals surface area contributed by atoms with Gasteiger partial charge < -0.3 is 9.47 Å². The topological polar surface area (TPSA) is 48.4 Å². The SMILES string of the molecule is C[B]c1nc2c(OC(F)(F)F)cc(C(=O)OC)cc2s1. The molecule has 0 fully saturated rings. The number of fused-ring (bicyclic) bond motifs is 1. The average molecular weight is 302 g/mol. The van der Waals surface area contributed by atoms with Crippen molar-refractivity contribution in [2.24, 2.45) is 0 Å². The Morgan fingerprint density at radius 3 is 2.65 bits per heavy atom. The van der Waals surface area contributed by atoms with Crippen molar-refractivity contribution in [2.75, 3.05) is 7.11 Å². The van der Waals surface area contributed by atoms with Crippen LogP contribution in [0.2, 0.25) is 6.82 Å². The third-order valence-corrected chi connectivity index (χ3v) is 3.44. The Hall–Kier alpha value is -1.77. The molecule has 1 aromatic heterocycles. The summed E-state index contributed by atoms with van der Waals surface area (Å²) >= 11 is 1.16. The summed E-state index contributed by atoms with van der Waals surface area (Å²) in [7, 11) is 2.80. The number of hydrogen-bond donors (Lipinski definition) is 0. The fraction of sp³-hybridized carbons (Fsp3) is 0.273. The van der Waals surface area contributed by atoms with E-state index in [0.29, 0.717) is 9.61 Å². The van der Waals surface area contributed by atoms with E-state index < -0.39 is 18.1 Å². The number of aromatic nitrogens is 1. The van der Waals surface area contributed by atoms with Crippen molar-refractivity contribution < 1.29 is 27.4 Å². The zero-order valence-electron chi connectivity index (χ0n) is 10.4. The van der Waals surface area contributed by atoms with Gasteiger partial charge in [-0.1, -0.05) is 6.82 Å². The molecule has 1 aromatic carbocycles. The van der Waals surface area contributed by atoms with E-state index in [1.165, 1.54) is 6.07 Å². The molecule has 0 atom stereocenters. The molecular weight excluding hydrogens is 294 g/mol. The van der Waals surface area contributed by atoms with Crippen molar-refractivity contribution >= 4 is 39.7 Å². The lowest BCUT2D eigenvalue weighted by molar-refractivity contribution is -0.274. The minimum atomic E-state index is -4.86. The molecule has 0 bridgehead atoms. The van der Waals surface area contributed by atoms with E-state index >= 15 is 0 Å². The number of halogens is 3. The largest absolute Gasteiger partial charge is 0.573 e. The van der Waals surface area contributed by atoms with Gasteiger partial charge in [0.05, 0.1) is 17.4 Å². The second-order valence-corrected chi connectivity index (χ2v) is 4.76. The first kappa shape index (κ1) is 14.6. The molecule has 105 valence electrons. The van der Waals surface area contributed by atoms with E-state index in [0.717, 1.165) is 24.5 Å². The van der Waals surface area contributed by atoms with Crippen LogP contribution in [0.1, 0.15) is 10.4 Å². The molecule has 1 heterocycles. The summed E-state index contributed by atoms with van der Waals surface area (Å²) < 4.78 is 46.1. The van der Waals surface area contributed by atoms with Gasteiger partial charge in [-0.05, 0) is 12.1 Å². The van der Waals surface area contributed by atoms with Crippen LogP contribution in [0.4, 0.5) is 13.2 Å². The Morgan fingerprint density at radius 1 is 1.40 bits per heavy atom. The fourth-order valence-corrected chi connectivity index (χ4v) is 2.49. The zero-order valence-corrected chi connectivity index (χ0v) is 11.3. The lowest BCUT2D eigenvalue weighted by Gasteiger charge is -2.10. The van der Waals surface area contributed by atoms with Crippen LogP contribution in [-0.4, -0.2) is 31.7 Å². The van der Waals surface area contributed by atoms with E-state index in [-0.39, 0.29) is 11.1 Å². The summed E-state index contributed by atoms with van der Waals surface area (Å²) in [6.07, 6.45) is -4.86. The van der Waals surface area contributed by atoms with E-state index in [4.69, 9.17) is 0 Å². The maximum absolute atomic E-state index is 12.4. The first-order valence-electron chi connectivity index (χ1n) is 5.42. The lowest BCUT2D eigenvalue weighted by Crippen LogP contribution is -2.18. The molecule has 0 saturated carbocycles. The Labute approximate surface area is 116 Å². The summed E-state index contributed by atoms with van der Waals surface area (Å²) in [6.45, 7) is 1.71. The first-order valence-corrected chi connectivity index (χ1v) is 6.23. The Kier molecular flexibility index (Phi) is 3.89. The number of ether oxygens (including phenoxy) is 2. The molecule has 0 amide bonds. The smallest absolute Gasteiger partial charge is 0.465 e. The van der Waals surface area contributed by atoms with Crippen molar-refractivity contribution in [3.63, 3.8) is 0 Å². The Bertz CT molecular complexity index is 656. The van der Waals surface area contributed by atoms with Gasteiger partial charge >= 0.3 is 12.3 Å². The number of esters is 1. The van der Waals surface area contributed by atoms with E-state index in [1.54, 1.807) is 14.1 Å². The molecule has 2 aromatic rings. The predicted octanol–water partition coefficient (Wildman–Crippen LogP) is 2.36. The standard InChI is InChI=1S/C11H8BF3NO3S/c1-12-10-16-8-6(19-11(13,14)15)3-5(9(17)18-2)4-7(8)20-10/h3-4H,1-2H3. The van der Waals surface area contributed by atoms with Gasteiger partial charge in [-0.2, -0.15) is 0 Å². The second-order valence-electron chi connectivity index (χ2n) is 3.70. The number of benzene rings is 1. The summed E-state index contributed by atoms with van der Waals surface area (Å²) in [4.78, 5) is 16.0. The number of carbonyl (C=O) groups is 1. The molecule has 0 spiro atoms. The third kappa shape index (κ3) is 3.04. The molecule has 2 rings (SSSR count). The van der Waals surface area contributed by atoms with E-state index in [2.05, 4.69) is 14.5 Å². The van der Waals surface area contributed by atoms with Gasteiger partial charge in [-0.15, -0.1) is 24.5 Å². The number of nitrogens with zero attached hydrogens (tertiary/aromatic N) is 1. The van der Waals surface area contributed by atoms with Gasteiger partial charge in [0.25, 0.3) is 0 Å². The van der Waals surface area contributed by atoms with Crippen LogP contribution < -0.4 is 9.64 Å². The number of methoxy groups -OCH3 is 1. The lowest BCUT2D eigenvalue weighted by atomic mass is 9.84. The highest BCUT2D eigenvalue weighted by atomic mass is 32.1. The third-order valence-electron chi connectivity index (χ3n) is 2.37. The van der Waals surface area contributed by atoms with Crippen LogP contribution in [0.5, 0.6) is 5.75 Å². The van der Waals surface area contributed by atoms with Gasteiger partial charge in [-0.3, -0.25) is 0 Å². The number of rotatable bonds is 3. The van der Waals surface area contributed by atoms with E-state index in [9.17, 15) is 18.0 Å². The molecule has 0 aliphatic carbocycles. The molecule has 9 heteroatoms. The molecule has 4 nitrogen and oxygen atoms in total. The minimum Gasteiger partial charge on any atom is -0.465 e. The second kappa shape index (κ2) is 5.32. The van der Waals surface area contributed by atoms with Crippen molar-refractivity contribution in [2.45, 2.75) is 13.2 Å². The van der Waals surface area contributed by atoms with Crippen LogP contribution in [0.25, 0.3) is 10.2 Å². The Balaban J connectivity index is 2.61. The van der Waals surface area contributed by atoms with E-state index in [1.807, 2.05) is 0 Å². The average Bonchev–Trinajstić information content (AvgIpc) is 2.79. The quantitative estimate of drug-likeness (QED) is 0.645. The van der Waals surface area contributed by atoms with Crippen molar-refractivity contribution in [3.05, 3.63) is 17.7 Å². The molecule has 0 unspecified atom stereocenters. The monoisotopic (exact) mass is 302 g/mol. The molecule has 20 heavy (non-hydrogen) atoms. The van der Waals surface area contributed by atoms with Crippen molar-refractivity contribution in [3.8, 4) is 5.75 Å². The van der Waals surface area contributed by atoms with Crippen LogP contribution >= 0.6 is 11.3 Å². The summed E-state index contributed by atoms with van der Waals surface area (Å²) in [5.41, 5.74) is 0.0404. The molecule has 0 aliphatic rings. The van der Waals surface area contributed by atoms with Crippen LogP contribution in [0, 0.1) is 0 Å². The number of hydrogen-bond acceptors (Lipinski definition) is 5. The van der Waals surface area contributed by atoms with Gasteiger partial charge in [-0.25, -0.2) is 9.78 Å². The fourth-order valence-electron chi connectivity index (χ4n) is 1.58. The van der Waals surface area contributed by atoms with Crippen LogP contribution in [-0.2, 0) is 4.74 Å². The number of alkyl halides is 3. The van der Waals surface area contributed by atoms with Gasteiger partial charge in [0.2, 0.25) is 0 Å². The first-order chi connectivity index (χ1) is 9.34. The maximum Gasteiger partial charge on any atom is 0.573 e. The highest BCUT2D eigenvalue weighted by molar-refractivity contribution is 7.26. The highest BCUT2D eigenvalue weighted by Gasteiger charge is 2.33.